The lowest BCUT2D eigenvalue weighted by molar-refractivity contribution is -0.132. The Bertz CT molecular complexity index is 1280. The van der Waals surface area contributed by atoms with Crippen LogP contribution >= 0.6 is 11.6 Å². The van der Waals surface area contributed by atoms with Crippen LogP contribution in [-0.2, 0) is 9.59 Å². The summed E-state index contributed by atoms with van der Waals surface area (Å²) in [5.74, 6) is -0.516. The van der Waals surface area contributed by atoms with Crippen LogP contribution in [-0.4, -0.2) is 31.0 Å². The highest BCUT2D eigenvalue weighted by Crippen LogP contribution is 2.44. The number of ketones is 1. The SMILES string of the molecule is COc1cc(C)c(/C(O)=C2/C(=O)C(=O)N(c3ccc(OC)c(Cl)c3)C2c2ccco2)cc1C. The summed E-state index contributed by atoms with van der Waals surface area (Å²) in [4.78, 5) is 27.6. The minimum Gasteiger partial charge on any atom is -0.507 e. The van der Waals surface area contributed by atoms with Gasteiger partial charge in [-0.15, -0.1) is 0 Å². The van der Waals surface area contributed by atoms with Crippen molar-refractivity contribution in [3.05, 3.63) is 81.8 Å². The number of anilines is 1. The number of amides is 1. The standard InChI is InChI=1S/C25H22ClNO6/c1-13-11-20(32-4)14(2)10-16(13)23(28)21-22(19-6-5-9-33-19)27(25(30)24(21)29)15-7-8-18(31-3)17(26)12-15/h5-12,22,28H,1-4H3/b23-21-. The van der Waals surface area contributed by atoms with E-state index in [1.54, 1.807) is 50.4 Å². The fourth-order valence-electron chi connectivity index (χ4n) is 4.03. The van der Waals surface area contributed by atoms with E-state index in [1.165, 1.54) is 24.3 Å². The number of carbonyl (C=O) groups excluding carboxylic acids is 2. The monoisotopic (exact) mass is 467 g/mol. The molecule has 7 nitrogen and oxygen atoms in total. The number of hydrogen-bond donors (Lipinski definition) is 1. The van der Waals surface area contributed by atoms with Gasteiger partial charge in [0, 0.05) is 11.3 Å². The summed E-state index contributed by atoms with van der Waals surface area (Å²) in [5, 5.41) is 11.6. The van der Waals surface area contributed by atoms with Gasteiger partial charge < -0.3 is 19.0 Å². The first-order chi connectivity index (χ1) is 15.8. The molecule has 170 valence electrons. The fourth-order valence-corrected chi connectivity index (χ4v) is 4.28. The van der Waals surface area contributed by atoms with Crippen LogP contribution in [0.3, 0.4) is 0 Å². The van der Waals surface area contributed by atoms with Gasteiger partial charge in [-0.2, -0.15) is 0 Å². The second kappa shape index (κ2) is 8.67. The van der Waals surface area contributed by atoms with Gasteiger partial charge in [-0.05, 0) is 67.4 Å². The van der Waals surface area contributed by atoms with E-state index in [-0.39, 0.29) is 16.4 Å². The van der Waals surface area contributed by atoms with Gasteiger partial charge in [-0.1, -0.05) is 11.6 Å². The molecular formula is C25H22ClNO6. The summed E-state index contributed by atoms with van der Waals surface area (Å²) in [6.07, 6.45) is 1.44. The third kappa shape index (κ3) is 3.74. The molecule has 0 radical (unpaired) electrons. The first kappa shape index (κ1) is 22.5. The normalized spacial score (nSPS) is 17.5. The van der Waals surface area contributed by atoms with E-state index in [4.69, 9.17) is 25.5 Å². The van der Waals surface area contributed by atoms with Crippen molar-refractivity contribution in [3.63, 3.8) is 0 Å². The molecule has 1 amide bonds. The van der Waals surface area contributed by atoms with Crippen molar-refractivity contribution in [2.75, 3.05) is 19.1 Å². The minimum absolute atomic E-state index is 0.0745. The summed E-state index contributed by atoms with van der Waals surface area (Å²) in [5.41, 5.74) is 2.18. The van der Waals surface area contributed by atoms with E-state index < -0.39 is 17.7 Å². The molecule has 1 saturated heterocycles. The number of nitrogens with zero attached hydrogens (tertiary/aromatic N) is 1. The van der Waals surface area contributed by atoms with Crippen molar-refractivity contribution in [1.29, 1.82) is 0 Å². The lowest BCUT2D eigenvalue weighted by Crippen LogP contribution is -2.29. The number of benzene rings is 2. The summed E-state index contributed by atoms with van der Waals surface area (Å²) >= 11 is 6.28. The lowest BCUT2D eigenvalue weighted by atomic mass is 9.95. The van der Waals surface area contributed by atoms with Crippen LogP contribution in [0.1, 0.15) is 28.5 Å². The van der Waals surface area contributed by atoms with Crippen molar-refractivity contribution >= 4 is 34.7 Å². The van der Waals surface area contributed by atoms with Crippen molar-refractivity contribution < 1.29 is 28.6 Å². The van der Waals surface area contributed by atoms with Crippen LogP contribution in [0.15, 0.2) is 58.7 Å². The Balaban J connectivity index is 1.93. The summed E-state index contributed by atoms with van der Waals surface area (Å²) < 4.78 is 16.1. The van der Waals surface area contributed by atoms with Crippen LogP contribution in [0.25, 0.3) is 5.76 Å². The van der Waals surface area contributed by atoms with E-state index in [9.17, 15) is 14.7 Å². The van der Waals surface area contributed by atoms with Crippen LogP contribution in [0.5, 0.6) is 11.5 Å². The van der Waals surface area contributed by atoms with Gasteiger partial charge in [0.15, 0.2) is 0 Å². The molecule has 2 aromatic carbocycles. The Kier molecular flexibility index (Phi) is 5.91. The molecule has 33 heavy (non-hydrogen) atoms. The van der Waals surface area contributed by atoms with E-state index in [2.05, 4.69) is 0 Å². The van der Waals surface area contributed by atoms with Gasteiger partial charge in [0.25, 0.3) is 11.7 Å². The predicted molar refractivity (Wildman–Crippen MR) is 124 cm³/mol. The highest BCUT2D eigenvalue weighted by Gasteiger charge is 2.48. The largest absolute Gasteiger partial charge is 0.507 e. The number of furan rings is 1. The summed E-state index contributed by atoms with van der Waals surface area (Å²) in [7, 11) is 3.04. The van der Waals surface area contributed by atoms with E-state index in [0.717, 1.165) is 5.56 Å². The van der Waals surface area contributed by atoms with Crippen LogP contribution < -0.4 is 14.4 Å². The average molecular weight is 468 g/mol. The quantitative estimate of drug-likeness (QED) is 0.315. The topological polar surface area (TPSA) is 89.2 Å². The van der Waals surface area contributed by atoms with Crippen molar-refractivity contribution in [1.82, 2.24) is 0 Å². The molecule has 0 aliphatic carbocycles. The zero-order valence-corrected chi connectivity index (χ0v) is 19.3. The number of carbonyl (C=O) groups is 2. The number of aryl methyl sites for hydroxylation is 2. The van der Waals surface area contributed by atoms with Gasteiger partial charge in [0.2, 0.25) is 0 Å². The van der Waals surface area contributed by atoms with Crippen molar-refractivity contribution in [2.24, 2.45) is 0 Å². The van der Waals surface area contributed by atoms with Gasteiger partial charge >= 0.3 is 0 Å². The molecule has 2 heterocycles. The molecule has 0 saturated carbocycles. The molecule has 1 aliphatic rings. The van der Waals surface area contributed by atoms with Crippen LogP contribution in [0.2, 0.25) is 5.02 Å². The molecular weight excluding hydrogens is 446 g/mol. The second-order valence-corrected chi connectivity index (χ2v) is 8.05. The Morgan fingerprint density at radius 2 is 1.76 bits per heavy atom. The average Bonchev–Trinajstić information content (AvgIpc) is 3.41. The molecule has 1 aliphatic heterocycles. The number of hydrogen-bond acceptors (Lipinski definition) is 6. The Morgan fingerprint density at radius 3 is 2.36 bits per heavy atom. The smallest absolute Gasteiger partial charge is 0.300 e. The third-order valence-electron chi connectivity index (χ3n) is 5.67. The second-order valence-electron chi connectivity index (χ2n) is 7.64. The number of halogens is 1. The summed E-state index contributed by atoms with van der Waals surface area (Å²) in [6, 6.07) is 10.6. The Labute approximate surface area is 195 Å². The van der Waals surface area contributed by atoms with Crippen LogP contribution in [0.4, 0.5) is 5.69 Å². The first-order valence-corrected chi connectivity index (χ1v) is 10.5. The van der Waals surface area contributed by atoms with Gasteiger partial charge in [-0.3, -0.25) is 14.5 Å². The Hall–Kier alpha value is -3.71. The molecule has 4 rings (SSSR count). The van der Waals surface area contributed by atoms with Gasteiger partial charge in [-0.25, -0.2) is 0 Å². The number of aliphatic hydroxyl groups is 1. The number of aliphatic hydroxyl groups excluding tert-OH is 1. The van der Waals surface area contributed by atoms with Crippen molar-refractivity contribution in [3.8, 4) is 11.5 Å². The molecule has 1 N–H and O–H groups in total. The zero-order chi connectivity index (χ0) is 23.9. The maximum absolute atomic E-state index is 13.2. The maximum atomic E-state index is 13.2. The van der Waals surface area contributed by atoms with E-state index in [0.29, 0.717) is 34.1 Å². The van der Waals surface area contributed by atoms with E-state index >= 15 is 0 Å². The molecule has 0 spiro atoms. The third-order valence-corrected chi connectivity index (χ3v) is 5.96. The maximum Gasteiger partial charge on any atom is 0.300 e. The van der Waals surface area contributed by atoms with Crippen LogP contribution in [0, 0.1) is 13.8 Å². The molecule has 1 atom stereocenters. The molecule has 1 unspecified atom stereocenters. The highest BCUT2D eigenvalue weighted by atomic mass is 35.5. The fraction of sp³-hybridized carbons (Fsp3) is 0.200. The molecule has 3 aromatic rings. The molecule has 8 heteroatoms. The molecule has 0 bridgehead atoms. The molecule has 1 aromatic heterocycles. The molecule has 1 fully saturated rings. The van der Waals surface area contributed by atoms with Gasteiger partial charge in [0.05, 0.1) is 31.1 Å². The Morgan fingerprint density at radius 1 is 1.03 bits per heavy atom. The highest BCUT2D eigenvalue weighted by molar-refractivity contribution is 6.51. The first-order valence-electron chi connectivity index (χ1n) is 10.1. The zero-order valence-electron chi connectivity index (χ0n) is 18.5. The summed E-state index contributed by atoms with van der Waals surface area (Å²) in [6.45, 7) is 3.62. The van der Waals surface area contributed by atoms with Crippen molar-refractivity contribution in [2.45, 2.75) is 19.9 Å². The minimum atomic E-state index is -0.980. The van der Waals surface area contributed by atoms with Gasteiger partial charge in [0.1, 0.15) is 29.1 Å². The number of Topliss-reactive ketones (excluding diaryl/α,β-unsaturated/α-hetero) is 1. The van der Waals surface area contributed by atoms with E-state index in [1.807, 2.05) is 6.92 Å². The number of rotatable bonds is 5. The predicted octanol–water partition coefficient (Wildman–Crippen LogP) is 5.19. The lowest BCUT2D eigenvalue weighted by Gasteiger charge is -2.24. The number of methoxy groups -OCH3 is 2. The number of ether oxygens (including phenoxy) is 2.